The van der Waals surface area contributed by atoms with Crippen molar-refractivity contribution in [3.63, 3.8) is 0 Å². The lowest BCUT2D eigenvalue weighted by molar-refractivity contribution is -0.144. The summed E-state index contributed by atoms with van der Waals surface area (Å²) in [5.74, 6) is -1.44. The monoisotopic (exact) mass is 291 g/mol. The molecule has 0 radical (unpaired) electrons. The van der Waals surface area contributed by atoms with Crippen LogP contribution >= 0.6 is 11.3 Å². The van der Waals surface area contributed by atoms with Crippen molar-refractivity contribution >= 4 is 33.8 Å². The van der Waals surface area contributed by atoms with Crippen LogP contribution in [0.4, 0.5) is 5.00 Å². The number of hydrogen-bond acceptors (Lipinski definition) is 5. The number of ether oxygens (including phenoxy) is 1. The van der Waals surface area contributed by atoms with E-state index in [1.54, 1.807) is 25.2 Å². The molecule has 1 aliphatic carbocycles. The number of carbonyl (C=O) groups is 2. The van der Waals surface area contributed by atoms with Crippen LogP contribution in [0.3, 0.4) is 0 Å². The molecular weight excluding hydrogens is 274 g/mol. The summed E-state index contributed by atoms with van der Waals surface area (Å²) in [6.45, 7) is 3.77. The van der Waals surface area contributed by atoms with E-state index in [4.69, 9.17) is 4.74 Å². The van der Waals surface area contributed by atoms with Crippen LogP contribution in [0.1, 0.15) is 47.5 Å². The topological polar surface area (TPSA) is 55.7 Å². The van der Waals surface area contributed by atoms with Gasteiger partial charge in [-0.2, -0.15) is 0 Å². The maximum absolute atomic E-state index is 12.7. The zero-order valence-electron chi connectivity index (χ0n) is 11.7. The molecule has 2 aliphatic rings. The van der Waals surface area contributed by atoms with Crippen LogP contribution in [-0.4, -0.2) is 24.1 Å². The first-order chi connectivity index (χ1) is 9.63. The van der Waals surface area contributed by atoms with Gasteiger partial charge < -0.3 is 4.74 Å². The summed E-state index contributed by atoms with van der Waals surface area (Å²) in [7, 11) is 0. The van der Waals surface area contributed by atoms with Gasteiger partial charge in [0.15, 0.2) is 11.7 Å². The molecule has 0 saturated carbocycles. The molecule has 1 atom stereocenters. The van der Waals surface area contributed by atoms with Crippen molar-refractivity contribution in [3.8, 4) is 0 Å². The van der Waals surface area contributed by atoms with Crippen molar-refractivity contribution in [2.75, 3.05) is 6.61 Å². The molecule has 5 heteroatoms. The Labute approximate surface area is 121 Å². The van der Waals surface area contributed by atoms with Crippen LogP contribution in [0.5, 0.6) is 0 Å². The minimum absolute atomic E-state index is 0.120. The summed E-state index contributed by atoms with van der Waals surface area (Å²) in [6.07, 6.45) is 4.23. The summed E-state index contributed by atoms with van der Waals surface area (Å²) < 4.78 is 5.02. The van der Waals surface area contributed by atoms with Crippen molar-refractivity contribution in [3.05, 3.63) is 16.0 Å². The number of aliphatic imine (C=N–C) groups is 1. The lowest BCUT2D eigenvalue weighted by Gasteiger charge is -2.20. The van der Waals surface area contributed by atoms with Crippen molar-refractivity contribution in [2.24, 2.45) is 10.9 Å². The van der Waals surface area contributed by atoms with E-state index in [0.29, 0.717) is 11.3 Å². The number of esters is 1. The maximum atomic E-state index is 12.7. The normalized spacial score (nSPS) is 21.0. The van der Waals surface area contributed by atoms with Gasteiger partial charge in [0.1, 0.15) is 5.00 Å². The van der Waals surface area contributed by atoms with Gasteiger partial charge in [0.05, 0.1) is 12.2 Å². The highest BCUT2D eigenvalue weighted by Crippen LogP contribution is 2.43. The molecule has 20 heavy (non-hydrogen) atoms. The fourth-order valence-electron chi connectivity index (χ4n) is 2.95. The minimum Gasteiger partial charge on any atom is -0.465 e. The number of rotatable bonds is 2. The third-order valence-corrected chi connectivity index (χ3v) is 5.06. The van der Waals surface area contributed by atoms with Crippen molar-refractivity contribution in [1.82, 2.24) is 0 Å². The van der Waals surface area contributed by atoms with E-state index in [1.165, 1.54) is 11.3 Å². The molecule has 1 aliphatic heterocycles. The summed E-state index contributed by atoms with van der Waals surface area (Å²) in [6, 6.07) is 0. The molecule has 0 spiro atoms. The van der Waals surface area contributed by atoms with Crippen LogP contribution in [0.15, 0.2) is 4.99 Å². The molecule has 3 rings (SSSR count). The van der Waals surface area contributed by atoms with E-state index in [2.05, 4.69) is 4.99 Å². The van der Waals surface area contributed by atoms with E-state index in [9.17, 15) is 9.59 Å². The molecular formula is C15H17NO3S. The fourth-order valence-corrected chi connectivity index (χ4v) is 4.27. The van der Waals surface area contributed by atoms with Gasteiger partial charge in [0.25, 0.3) is 0 Å². The molecule has 0 bridgehead atoms. The second-order valence-electron chi connectivity index (χ2n) is 5.19. The summed E-state index contributed by atoms with van der Waals surface area (Å²) >= 11 is 1.61. The van der Waals surface area contributed by atoms with E-state index in [-0.39, 0.29) is 12.4 Å². The number of nitrogens with zero attached hydrogens (tertiary/aromatic N) is 1. The lowest BCUT2D eigenvalue weighted by atomic mass is 9.86. The molecule has 1 aromatic rings. The van der Waals surface area contributed by atoms with Gasteiger partial charge in [-0.05, 0) is 45.1 Å². The summed E-state index contributed by atoms with van der Waals surface area (Å²) in [5, 5.41) is 0.792. The molecule has 0 N–H and O–H groups in total. The smallest absolute Gasteiger partial charge is 0.322 e. The van der Waals surface area contributed by atoms with Crippen molar-refractivity contribution in [1.29, 1.82) is 0 Å². The Morgan fingerprint density at radius 1 is 1.40 bits per heavy atom. The van der Waals surface area contributed by atoms with Gasteiger partial charge in [-0.25, -0.2) is 4.99 Å². The van der Waals surface area contributed by atoms with E-state index in [1.807, 2.05) is 0 Å². The number of Topliss-reactive ketones (excluding diaryl/α,β-unsaturated/α-hetero) is 1. The van der Waals surface area contributed by atoms with E-state index < -0.39 is 11.9 Å². The Morgan fingerprint density at radius 3 is 2.90 bits per heavy atom. The maximum Gasteiger partial charge on any atom is 0.322 e. The van der Waals surface area contributed by atoms with E-state index >= 15 is 0 Å². The minimum atomic E-state index is -0.844. The van der Waals surface area contributed by atoms with Gasteiger partial charge in [-0.15, -0.1) is 11.3 Å². The van der Waals surface area contributed by atoms with Crippen LogP contribution in [0.25, 0.3) is 0 Å². The highest BCUT2D eigenvalue weighted by molar-refractivity contribution is 7.16. The lowest BCUT2D eigenvalue weighted by Crippen LogP contribution is -2.34. The summed E-state index contributed by atoms with van der Waals surface area (Å²) in [4.78, 5) is 30.5. The van der Waals surface area contributed by atoms with Gasteiger partial charge in [-0.1, -0.05) is 0 Å². The molecule has 0 fully saturated rings. The molecule has 0 aromatic carbocycles. The van der Waals surface area contributed by atoms with Crippen LogP contribution in [-0.2, 0) is 22.4 Å². The first-order valence-corrected chi connectivity index (χ1v) is 7.85. The number of aryl methyl sites for hydroxylation is 1. The third kappa shape index (κ3) is 2.00. The second kappa shape index (κ2) is 5.13. The molecule has 1 unspecified atom stereocenters. The first kappa shape index (κ1) is 13.5. The quantitative estimate of drug-likeness (QED) is 0.621. The molecule has 4 nitrogen and oxygen atoms in total. The molecule has 0 saturated heterocycles. The van der Waals surface area contributed by atoms with E-state index in [0.717, 1.165) is 29.8 Å². The molecule has 2 heterocycles. The average Bonchev–Trinajstić information content (AvgIpc) is 2.76. The van der Waals surface area contributed by atoms with Crippen molar-refractivity contribution < 1.29 is 14.3 Å². The SMILES string of the molecule is CCOC(=O)C1C(=O)c2c(sc3c2CCCC3)N=C1C. The highest BCUT2D eigenvalue weighted by Gasteiger charge is 2.39. The Hall–Kier alpha value is -1.49. The Balaban J connectivity index is 2.05. The van der Waals surface area contributed by atoms with Crippen molar-refractivity contribution in [2.45, 2.75) is 39.5 Å². The Morgan fingerprint density at radius 2 is 2.15 bits per heavy atom. The Bertz CT molecular complexity index is 615. The molecule has 1 aromatic heterocycles. The van der Waals surface area contributed by atoms with Crippen LogP contribution < -0.4 is 0 Å². The average molecular weight is 291 g/mol. The number of fused-ring (bicyclic) bond motifs is 3. The highest BCUT2D eigenvalue weighted by atomic mass is 32.1. The fraction of sp³-hybridized carbons (Fsp3) is 0.533. The van der Waals surface area contributed by atoms with Gasteiger partial charge in [-0.3, -0.25) is 9.59 Å². The first-order valence-electron chi connectivity index (χ1n) is 7.04. The zero-order valence-corrected chi connectivity index (χ0v) is 12.5. The second-order valence-corrected chi connectivity index (χ2v) is 6.28. The summed E-state index contributed by atoms with van der Waals surface area (Å²) in [5.41, 5.74) is 2.37. The molecule has 106 valence electrons. The predicted molar refractivity (Wildman–Crippen MR) is 78.2 cm³/mol. The van der Waals surface area contributed by atoms with Gasteiger partial charge >= 0.3 is 5.97 Å². The van der Waals surface area contributed by atoms with Crippen LogP contribution in [0.2, 0.25) is 0 Å². The zero-order chi connectivity index (χ0) is 14.3. The number of ketones is 1. The number of thiophene rings is 1. The standard InChI is InChI=1S/C15H17NO3S/c1-3-19-15(18)11-8(2)16-14-12(13(11)17)9-6-4-5-7-10(9)20-14/h11H,3-7H2,1-2H3. The predicted octanol–water partition coefficient (Wildman–Crippen LogP) is 3.09. The number of hydrogen-bond donors (Lipinski definition) is 0. The molecule has 0 amide bonds. The number of carbonyl (C=O) groups excluding carboxylic acids is 2. The third-order valence-electron chi connectivity index (χ3n) is 3.88. The Kier molecular flexibility index (Phi) is 3.46. The van der Waals surface area contributed by atoms with Gasteiger partial charge in [0, 0.05) is 10.6 Å². The van der Waals surface area contributed by atoms with Gasteiger partial charge in [0.2, 0.25) is 0 Å². The largest absolute Gasteiger partial charge is 0.465 e. The van der Waals surface area contributed by atoms with Crippen LogP contribution in [0, 0.1) is 5.92 Å².